The van der Waals surface area contributed by atoms with Gasteiger partial charge in [0.25, 0.3) is 0 Å². The Balaban J connectivity index is 2.20. The zero-order valence-corrected chi connectivity index (χ0v) is 10.2. The van der Waals surface area contributed by atoms with E-state index in [1.165, 1.54) is 6.33 Å². The van der Waals surface area contributed by atoms with Crippen molar-refractivity contribution in [2.45, 2.75) is 19.8 Å². The molecule has 17 heavy (non-hydrogen) atoms. The average Bonchev–Trinajstić information content (AvgIpc) is 2.86. The third-order valence-corrected chi connectivity index (χ3v) is 2.70. The third kappa shape index (κ3) is 2.25. The summed E-state index contributed by atoms with van der Waals surface area (Å²) in [7, 11) is 3.55. The average molecular weight is 233 g/mol. The van der Waals surface area contributed by atoms with Crippen LogP contribution in [0.3, 0.4) is 0 Å². The number of rotatable bonds is 4. The molecule has 0 N–H and O–H groups in total. The summed E-state index contributed by atoms with van der Waals surface area (Å²) in [5.74, 6) is 0.671. The normalized spacial score (nSPS) is 10.8. The Morgan fingerprint density at radius 2 is 2.12 bits per heavy atom. The van der Waals surface area contributed by atoms with Gasteiger partial charge in [-0.05, 0) is 12.5 Å². The van der Waals surface area contributed by atoms with Crippen molar-refractivity contribution in [3.8, 4) is 0 Å². The highest BCUT2D eigenvalue weighted by atomic mass is 16.1. The Hall–Kier alpha value is -1.98. The minimum absolute atomic E-state index is 0.0100. The molecule has 2 rings (SSSR count). The van der Waals surface area contributed by atoms with E-state index in [1.807, 2.05) is 13.0 Å². The monoisotopic (exact) mass is 233 g/mol. The van der Waals surface area contributed by atoms with Gasteiger partial charge in [0.1, 0.15) is 17.8 Å². The van der Waals surface area contributed by atoms with Gasteiger partial charge < -0.3 is 0 Å². The fourth-order valence-electron chi connectivity index (χ4n) is 1.67. The van der Waals surface area contributed by atoms with Crippen LogP contribution in [0.4, 0.5) is 0 Å². The molecule has 0 unspecified atom stereocenters. The summed E-state index contributed by atoms with van der Waals surface area (Å²) < 4.78 is 3.23. The van der Waals surface area contributed by atoms with Crippen molar-refractivity contribution in [3.63, 3.8) is 0 Å². The fourth-order valence-corrected chi connectivity index (χ4v) is 1.67. The van der Waals surface area contributed by atoms with Crippen LogP contribution in [0.2, 0.25) is 0 Å². The molecule has 0 atom stereocenters. The molecule has 0 aliphatic rings. The molecule has 0 saturated carbocycles. The second kappa shape index (κ2) is 4.48. The summed E-state index contributed by atoms with van der Waals surface area (Å²) in [6.07, 6.45) is 2.52. The van der Waals surface area contributed by atoms with Crippen molar-refractivity contribution < 1.29 is 4.79 Å². The number of carbonyl (C=O) groups is 1. The van der Waals surface area contributed by atoms with E-state index in [9.17, 15) is 4.79 Å². The molecule has 0 aliphatic carbocycles. The summed E-state index contributed by atoms with van der Waals surface area (Å²) in [5, 5.41) is 8.19. The van der Waals surface area contributed by atoms with Gasteiger partial charge in [0.05, 0.1) is 12.1 Å². The summed E-state index contributed by atoms with van der Waals surface area (Å²) in [5.41, 5.74) is 1.54. The smallest absolute Gasteiger partial charge is 0.188 e. The molecule has 0 bridgehead atoms. The van der Waals surface area contributed by atoms with Crippen molar-refractivity contribution in [1.29, 1.82) is 0 Å². The minimum Gasteiger partial charge on any atom is -0.292 e. The molecular formula is C11H15N5O. The first kappa shape index (κ1) is 11.5. The number of aromatic nitrogens is 5. The summed E-state index contributed by atoms with van der Waals surface area (Å²) in [6, 6.07) is 1.83. The molecule has 6 heteroatoms. The van der Waals surface area contributed by atoms with Gasteiger partial charge in [0.15, 0.2) is 5.78 Å². The van der Waals surface area contributed by atoms with E-state index in [0.717, 1.165) is 12.1 Å². The lowest BCUT2D eigenvalue weighted by Crippen LogP contribution is -2.12. The van der Waals surface area contributed by atoms with Crippen LogP contribution in [0.15, 0.2) is 12.4 Å². The fraction of sp³-hybridized carbons (Fsp3) is 0.455. The SMILES string of the molecule is CCc1cc(C(=O)Cc2ncnn2C)n(C)n1. The summed E-state index contributed by atoms with van der Waals surface area (Å²) in [6.45, 7) is 2.01. The Bertz CT molecular complexity index is 540. The number of nitrogens with zero attached hydrogens (tertiary/aromatic N) is 5. The van der Waals surface area contributed by atoms with E-state index in [2.05, 4.69) is 15.2 Å². The first-order chi connectivity index (χ1) is 8.11. The molecular weight excluding hydrogens is 218 g/mol. The Morgan fingerprint density at radius 1 is 1.35 bits per heavy atom. The minimum atomic E-state index is 0.0100. The highest BCUT2D eigenvalue weighted by Gasteiger charge is 2.15. The van der Waals surface area contributed by atoms with Crippen LogP contribution in [0.5, 0.6) is 0 Å². The van der Waals surface area contributed by atoms with Gasteiger partial charge in [-0.2, -0.15) is 10.2 Å². The highest BCUT2D eigenvalue weighted by molar-refractivity contribution is 5.95. The van der Waals surface area contributed by atoms with Gasteiger partial charge in [-0.15, -0.1) is 0 Å². The van der Waals surface area contributed by atoms with Crippen molar-refractivity contribution in [3.05, 3.63) is 29.6 Å². The van der Waals surface area contributed by atoms with Gasteiger partial charge >= 0.3 is 0 Å². The third-order valence-electron chi connectivity index (χ3n) is 2.70. The first-order valence-corrected chi connectivity index (χ1v) is 5.50. The predicted octanol–water partition coefficient (Wildman–Crippen LogP) is 0.536. The molecule has 0 fully saturated rings. The van der Waals surface area contributed by atoms with Crippen molar-refractivity contribution in [2.75, 3.05) is 0 Å². The van der Waals surface area contributed by atoms with Gasteiger partial charge in [-0.3, -0.25) is 14.2 Å². The number of ketones is 1. The maximum Gasteiger partial charge on any atom is 0.188 e. The van der Waals surface area contributed by atoms with Crippen LogP contribution >= 0.6 is 0 Å². The van der Waals surface area contributed by atoms with E-state index in [4.69, 9.17) is 0 Å². The molecule has 0 radical (unpaired) electrons. The number of Topliss-reactive ketones (excluding diaryl/α,β-unsaturated/α-hetero) is 1. The number of hydrogen-bond acceptors (Lipinski definition) is 4. The van der Waals surface area contributed by atoms with Gasteiger partial charge in [0.2, 0.25) is 0 Å². The molecule has 6 nitrogen and oxygen atoms in total. The van der Waals surface area contributed by atoms with E-state index >= 15 is 0 Å². The maximum absolute atomic E-state index is 12.1. The number of aryl methyl sites for hydroxylation is 3. The second-order valence-corrected chi connectivity index (χ2v) is 3.90. The molecule has 2 aromatic rings. The van der Waals surface area contributed by atoms with E-state index in [1.54, 1.807) is 23.5 Å². The standard InChI is InChI=1S/C11H15N5O/c1-4-8-5-9(15(2)14-8)10(17)6-11-12-7-13-16(11)3/h5,7H,4,6H2,1-3H3. The maximum atomic E-state index is 12.1. The molecule has 0 saturated heterocycles. The van der Waals surface area contributed by atoms with Crippen molar-refractivity contribution in [2.24, 2.45) is 14.1 Å². The molecule has 0 spiro atoms. The number of hydrogen-bond donors (Lipinski definition) is 0. The number of carbonyl (C=O) groups excluding carboxylic acids is 1. The summed E-state index contributed by atoms with van der Waals surface area (Å²) in [4.78, 5) is 16.1. The molecule has 2 heterocycles. The molecule has 2 aromatic heterocycles. The Kier molecular flexibility index (Phi) is 3.03. The zero-order valence-electron chi connectivity index (χ0n) is 10.2. The van der Waals surface area contributed by atoms with E-state index in [0.29, 0.717) is 11.5 Å². The van der Waals surface area contributed by atoms with Crippen LogP contribution in [-0.2, 0) is 26.9 Å². The van der Waals surface area contributed by atoms with Gasteiger partial charge in [-0.25, -0.2) is 4.98 Å². The topological polar surface area (TPSA) is 65.6 Å². The van der Waals surface area contributed by atoms with Gasteiger partial charge in [-0.1, -0.05) is 6.92 Å². The van der Waals surface area contributed by atoms with Crippen LogP contribution < -0.4 is 0 Å². The molecule has 0 aliphatic heterocycles. The highest BCUT2D eigenvalue weighted by Crippen LogP contribution is 2.07. The predicted molar refractivity (Wildman–Crippen MR) is 61.6 cm³/mol. The first-order valence-electron chi connectivity index (χ1n) is 5.50. The molecule has 0 aromatic carbocycles. The van der Waals surface area contributed by atoms with Gasteiger partial charge in [0, 0.05) is 14.1 Å². The zero-order chi connectivity index (χ0) is 12.4. The lowest BCUT2D eigenvalue weighted by molar-refractivity contribution is 0.0980. The van der Waals surface area contributed by atoms with Crippen molar-refractivity contribution in [1.82, 2.24) is 24.5 Å². The van der Waals surface area contributed by atoms with Crippen molar-refractivity contribution >= 4 is 5.78 Å². The van der Waals surface area contributed by atoms with E-state index < -0.39 is 0 Å². The van der Waals surface area contributed by atoms with Crippen LogP contribution in [0, 0.1) is 0 Å². The summed E-state index contributed by atoms with van der Waals surface area (Å²) >= 11 is 0. The van der Waals surface area contributed by atoms with Crippen LogP contribution in [0.1, 0.15) is 28.9 Å². The lowest BCUT2D eigenvalue weighted by Gasteiger charge is -2.00. The largest absolute Gasteiger partial charge is 0.292 e. The second-order valence-electron chi connectivity index (χ2n) is 3.90. The van der Waals surface area contributed by atoms with Crippen LogP contribution in [-0.4, -0.2) is 30.3 Å². The quantitative estimate of drug-likeness (QED) is 0.723. The Morgan fingerprint density at radius 3 is 2.65 bits per heavy atom. The lowest BCUT2D eigenvalue weighted by atomic mass is 10.2. The van der Waals surface area contributed by atoms with Crippen LogP contribution in [0.25, 0.3) is 0 Å². The Labute approximate surface area is 99.3 Å². The molecule has 90 valence electrons. The molecule has 0 amide bonds. The van der Waals surface area contributed by atoms with E-state index in [-0.39, 0.29) is 12.2 Å².